The van der Waals surface area contributed by atoms with E-state index in [2.05, 4.69) is 15.6 Å². The third-order valence-corrected chi connectivity index (χ3v) is 4.14. The number of fused-ring (bicyclic) bond motifs is 1. The van der Waals surface area contributed by atoms with Gasteiger partial charge >= 0.3 is 0 Å². The second-order valence-corrected chi connectivity index (χ2v) is 6.34. The fourth-order valence-corrected chi connectivity index (χ4v) is 2.69. The molecule has 2 aromatic carbocycles. The first-order chi connectivity index (χ1) is 13.9. The van der Waals surface area contributed by atoms with Gasteiger partial charge in [-0.1, -0.05) is 6.92 Å². The average Bonchev–Trinajstić information content (AvgIpc) is 2.70. The number of halogens is 2. The minimum Gasteiger partial charge on any atom is -0.352 e. The highest BCUT2D eigenvalue weighted by atomic mass is 19.1. The summed E-state index contributed by atoms with van der Waals surface area (Å²) in [5, 5.41) is 5.19. The van der Waals surface area contributed by atoms with Gasteiger partial charge in [0.25, 0.3) is 11.5 Å². The van der Waals surface area contributed by atoms with Crippen molar-refractivity contribution in [3.05, 3.63) is 70.3 Å². The molecule has 150 valence electrons. The molecule has 1 heterocycles. The molecule has 29 heavy (non-hydrogen) atoms. The molecular formula is C20H18F2N4O3. The summed E-state index contributed by atoms with van der Waals surface area (Å²) in [5.41, 5.74) is -0.133. The minimum atomic E-state index is -0.794. The van der Waals surface area contributed by atoms with Gasteiger partial charge in [0, 0.05) is 18.2 Å². The molecule has 0 saturated carbocycles. The smallest absolute Gasteiger partial charge is 0.261 e. The Morgan fingerprint density at radius 3 is 2.69 bits per heavy atom. The molecule has 3 rings (SSSR count). The number of hydrogen-bond donors (Lipinski definition) is 2. The molecule has 2 N–H and O–H groups in total. The lowest BCUT2D eigenvalue weighted by atomic mass is 10.1. The van der Waals surface area contributed by atoms with Crippen LogP contribution in [0.1, 0.15) is 23.7 Å². The Balaban J connectivity index is 1.80. The molecule has 0 aliphatic carbocycles. The largest absolute Gasteiger partial charge is 0.352 e. The van der Waals surface area contributed by atoms with E-state index in [-0.39, 0.29) is 17.0 Å². The van der Waals surface area contributed by atoms with Crippen molar-refractivity contribution in [2.45, 2.75) is 19.9 Å². The Morgan fingerprint density at radius 1 is 1.14 bits per heavy atom. The van der Waals surface area contributed by atoms with Gasteiger partial charge in [0.1, 0.15) is 18.2 Å². The number of nitrogens with one attached hydrogen (secondary N) is 2. The predicted molar refractivity (Wildman–Crippen MR) is 104 cm³/mol. The van der Waals surface area contributed by atoms with Crippen molar-refractivity contribution in [1.29, 1.82) is 0 Å². The topological polar surface area (TPSA) is 93.1 Å². The molecule has 9 heteroatoms. The summed E-state index contributed by atoms with van der Waals surface area (Å²) in [6.07, 6.45) is 1.96. The predicted octanol–water partition coefficient (Wildman–Crippen LogP) is 2.45. The second-order valence-electron chi connectivity index (χ2n) is 6.34. The Hall–Kier alpha value is -3.62. The van der Waals surface area contributed by atoms with E-state index >= 15 is 0 Å². The van der Waals surface area contributed by atoms with Gasteiger partial charge < -0.3 is 10.6 Å². The van der Waals surface area contributed by atoms with Crippen LogP contribution in [-0.2, 0) is 11.3 Å². The molecular weight excluding hydrogens is 382 g/mol. The maximum absolute atomic E-state index is 13.6. The van der Waals surface area contributed by atoms with Gasteiger partial charge in [0.2, 0.25) is 5.91 Å². The number of aromatic nitrogens is 2. The number of carbonyl (C=O) groups excluding carboxylic acids is 2. The molecule has 0 bridgehead atoms. The highest BCUT2D eigenvalue weighted by molar-refractivity contribution is 5.97. The minimum absolute atomic E-state index is 0.226. The van der Waals surface area contributed by atoms with Gasteiger partial charge in [0.05, 0.1) is 22.9 Å². The van der Waals surface area contributed by atoms with Crippen molar-refractivity contribution < 1.29 is 18.4 Å². The van der Waals surface area contributed by atoms with Crippen molar-refractivity contribution in [1.82, 2.24) is 14.9 Å². The molecule has 7 nitrogen and oxygen atoms in total. The van der Waals surface area contributed by atoms with Crippen LogP contribution in [0, 0.1) is 11.6 Å². The average molecular weight is 400 g/mol. The zero-order chi connectivity index (χ0) is 21.0. The molecule has 1 aromatic heterocycles. The molecule has 0 aliphatic rings. The maximum Gasteiger partial charge on any atom is 0.261 e. The lowest BCUT2D eigenvalue weighted by molar-refractivity contribution is -0.116. The Kier molecular flexibility index (Phi) is 5.96. The van der Waals surface area contributed by atoms with Crippen LogP contribution < -0.4 is 16.2 Å². The van der Waals surface area contributed by atoms with E-state index in [9.17, 15) is 23.2 Å². The third kappa shape index (κ3) is 4.63. The second kappa shape index (κ2) is 8.59. The van der Waals surface area contributed by atoms with E-state index in [0.29, 0.717) is 17.6 Å². The van der Waals surface area contributed by atoms with Gasteiger partial charge in [0.15, 0.2) is 0 Å². The summed E-state index contributed by atoms with van der Waals surface area (Å²) >= 11 is 0. The molecule has 0 atom stereocenters. The van der Waals surface area contributed by atoms with Gasteiger partial charge in [-0.15, -0.1) is 0 Å². The van der Waals surface area contributed by atoms with Crippen LogP contribution in [0.15, 0.2) is 47.5 Å². The quantitative estimate of drug-likeness (QED) is 0.665. The van der Waals surface area contributed by atoms with Gasteiger partial charge in [-0.3, -0.25) is 19.0 Å². The summed E-state index contributed by atoms with van der Waals surface area (Å²) in [6, 6.07) is 7.13. The van der Waals surface area contributed by atoms with Gasteiger partial charge in [-0.05, 0) is 36.8 Å². The van der Waals surface area contributed by atoms with Crippen LogP contribution >= 0.6 is 0 Å². The van der Waals surface area contributed by atoms with Crippen LogP contribution in [0.4, 0.5) is 14.5 Å². The van der Waals surface area contributed by atoms with E-state index in [1.807, 2.05) is 6.92 Å². The molecule has 0 fully saturated rings. The van der Waals surface area contributed by atoms with Crippen LogP contribution in [0.2, 0.25) is 0 Å². The first-order valence-corrected chi connectivity index (χ1v) is 8.91. The van der Waals surface area contributed by atoms with Crippen LogP contribution in [-0.4, -0.2) is 27.9 Å². The standard InChI is InChI=1S/C20H18F2N4O3/c1-2-7-23-19(28)12-3-5-14-16(8-12)24-11-26(20(14)29)10-18(27)25-17-9-13(21)4-6-15(17)22/h3-6,8-9,11H,2,7,10H2,1H3,(H,23,28)(H,25,27). The Bertz CT molecular complexity index is 1140. The van der Waals surface area contributed by atoms with Crippen molar-refractivity contribution in [2.75, 3.05) is 11.9 Å². The number of hydrogen-bond acceptors (Lipinski definition) is 4. The normalized spacial score (nSPS) is 10.7. The molecule has 0 spiro atoms. The third-order valence-electron chi connectivity index (χ3n) is 4.14. The highest BCUT2D eigenvalue weighted by Gasteiger charge is 2.13. The Morgan fingerprint density at radius 2 is 1.93 bits per heavy atom. The molecule has 3 aromatic rings. The lowest BCUT2D eigenvalue weighted by Gasteiger charge is -2.09. The van der Waals surface area contributed by atoms with Gasteiger partial charge in [-0.25, -0.2) is 13.8 Å². The zero-order valence-corrected chi connectivity index (χ0v) is 15.5. The van der Waals surface area contributed by atoms with Crippen molar-refractivity contribution in [3.8, 4) is 0 Å². The molecule has 2 amide bonds. The first kappa shape index (κ1) is 20.1. The first-order valence-electron chi connectivity index (χ1n) is 8.91. The zero-order valence-electron chi connectivity index (χ0n) is 15.5. The highest BCUT2D eigenvalue weighted by Crippen LogP contribution is 2.15. The van der Waals surface area contributed by atoms with Crippen molar-refractivity contribution in [3.63, 3.8) is 0 Å². The van der Waals surface area contributed by atoms with Gasteiger partial charge in [-0.2, -0.15) is 0 Å². The Labute approximate surface area is 164 Å². The number of rotatable bonds is 6. The summed E-state index contributed by atoms with van der Waals surface area (Å²) in [4.78, 5) is 40.9. The van der Waals surface area contributed by atoms with Crippen LogP contribution in [0.3, 0.4) is 0 Å². The lowest BCUT2D eigenvalue weighted by Crippen LogP contribution is -2.28. The van der Waals surface area contributed by atoms with E-state index in [1.165, 1.54) is 24.5 Å². The summed E-state index contributed by atoms with van der Waals surface area (Å²) in [5.74, 6) is -2.48. The van der Waals surface area contributed by atoms with Crippen LogP contribution in [0.5, 0.6) is 0 Å². The van der Waals surface area contributed by atoms with Crippen molar-refractivity contribution in [2.24, 2.45) is 0 Å². The summed E-state index contributed by atoms with van der Waals surface area (Å²) < 4.78 is 27.9. The monoisotopic (exact) mass is 400 g/mol. The van der Waals surface area contributed by atoms with Crippen molar-refractivity contribution >= 4 is 28.4 Å². The van der Waals surface area contributed by atoms with E-state index in [1.54, 1.807) is 0 Å². The number of amides is 2. The molecule has 0 saturated heterocycles. The number of benzene rings is 2. The van der Waals surface area contributed by atoms with E-state index in [0.717, 1.165) is 29.2 Å². The fourth-order valence-electron chi connectivity index (χ4n) is 2.69. The number of anilines is 1. The maximum atomic E-state index is 13.6. The van der Waals surface area contributed by atoms with E-state index in [4.69, 9.17) is 0 Å². The summed E-state index contributed by atoms with van der Waals surface area (Å²) in [7, 11) is 0. The molecule has 0 unspecified atom stereocenters. The fraction of sp³-hybridized carbons (Fsp3) is 0.200. The van der Waals surface area contributed by atoms with E-state index < -0.39 is 29.6 Å². The SMILES string of the molecule is CCCNC(=O)c1ccc2c(=O)n(CC(=O)Nc3cc(F)ccc3F)cnc2c1. The van der Waals surface area contributed by atoms with Crippen LogP contribution in [0.25, 0.3) is 10.9 Å². The molecule has 0 aliphatic heterocycles. The summed E-state index contributed by atoms with van der Waals surface area (Å²) in [6.45, 7) is 2.03. The number of carbonyl (C=O) groups is 2. The number of nitrogens with zero attached hydrogens (tertiary/aromatic N) is 2. The molecule has 0 radical (unpaired) electrons.